The molecular formula is C16H19NO. The molecule has 0 amide bonds. The van der Waals surface area contributed by atoms with Crippen LogP contribution in [0.4, 0.5) is 0 Å². The molecule has 0 spiro atoms. The number of nitrogens with zero attached hydrogens (tertiary/aromatic N) is 1. The van der Waals surface area contributed by atoms with Crippen molar-refractivity contribution in [3.8, 4) is 5.75 Å². The molecule has 0 aliphatic heterocycles. The number of methoxy groups -OCH3 is 1. The lowest BCUT2D eigenvalue weighted by Crippen LogP contribution is -1.97. The van der Waals surface area contributed by atoms with Crippen molar-refractivity contribution in [1.29, 1.82) is 0 Å². The normalized spacial score (nSPS) is 10.7. The van der Waals surface area contributed by atoms with Gasteiger partial charge in [0.05, 0.1) is 7.11 Å². The van der Waals surface area contributed by atoms with Gasteiger partial charge in [-0.15, -0.1) is 0 Å². The van der Waals surface area contributed by atoms with Crippen LogP contribution in [0.5, 0.6) is 5.75 Å². The van der Waals surface area contributed by atoms with Gasteiger partial charge in [-0.3, -0.25) is 4.98 Å². The summed E-state index contributed by atoms with van der Waals surface area (Å²) in [5.74, 6) is 1.45. The van der Waals surface area contributed by atoms with E-state index in [1.165, 1.54) is 11.1 Å². The quantitative estimate of drug-likeness (QED) is 0.812. The van der Waals surface area contributed by atoms with Crippen molar-refractivity contribution in [3.05, 3.63) is 59.4 Å². The second-order valence-corrected chi connectivity index (χ2v) is 4.73. The van der Waals surface area contributed by atoms with Gasteiger partial charge in [0.25, 0.3) is 0 Å². The average molecular weight is 241 g/mol. The Morgan fingerprint density at radius 1 is 1.11 bits per heavy atom. The van der Waals surface area contributed by atoms with Crippen molar-refractivity contribution < 1.29 is 4.74 Å². The monoisotopic (exact) mass is 241 g/mol. The number of aromatic nitrogens is 1. The van der Waals surface area contributed by atoms with Gasteiger partial charge in [0, 0.05) is 23.9 Å². The largest absolute Gasteiger partial charge is 0.496 e. The molecule has 94 valence electrons. The van der Waals surface area contributed by atoms with E-state index in [0.717, 1.165) is 17.9 Å². The molecule has 0 aliphatic carbocycles. The van der Waals surface area contributed by atoms with Crippen LogP contribution in [0.15, 0.2) is 42.6 Å². The number of hydrogen-bond acceptors (Lipinski definition) is 2. The molecule has 0 aliphatic rings. The van der Waals surface area contributed by atoms with Crippen molar-refractivity contribution in [2.24, 2.45) is 0 Å². The maximum absolute atomic E-state index is 5.35. The summed E-state index contributed by atoms with van der Waals surface area (Å²) in [5, 5.41) is 0. The average Bonchev–Trinajstić information content (AvgIpc) is 2.40. The number of benzene rings is 1. The minimum absolute atomic E-state index is 0.526. The Hall–Kier alpha value is -1.83. The van der Waals surface area contributed by atoms with Crippen LogP contribution in [0, 0.1) is 0 Å². The molecule has 0 fully saturated rings. The fraction of sp³-hybridized carbons (Fsp3) is 0.312. The van der Waals surface area contributed by atoms with Gasteiger partial charge in [-0.1, -0.05) is 38.1 Å². The van der Waals surface area contributed by atoms with Crippen molar-refractivity contribution in [1.82, 2.24) is 4.98 Å². The van der Waals surface area contributed by atoms with E-state index in [0.29, 0.717) is 5.92 Å². The Morgan fingerprint density at radius 2 is 1.89 bits per heavy atom. The van der Waals surface area contributed by atoms with Crippen LogP contribution in [0.1, 0.15) is 36.6 Å². The summed E-state index contributed by atoms with van der Waals surface area (Å²) in [6, 6.07) is 12.3. The van der Waals surface area contributed by atoms with Gasteiger partial charge in [0.15, 0.2) is 0 Å². The van der Waals surface area contributed by atoms with Crippen LogP contribution in [-0.4, -0.2) is 12.1 Å². The molecule has 1 heterocycles. The van der Waals surface area contributed by atoms with Crippen LogP contribution < -0.4 is 4.74 Å². The predicted molar refractivity (Wildman–Crippen MR) is 74.1 cm³/mol. The summed E-state index contributed by atoms with van der Waals surface area (Å²) < 4.78 is 5.35. The lowest BCUT2D eigenvalue weighted by Gasteiger charge is -2.09. The number of hydrogen-bond donors (Lipinski definition) is 0. The fourth-order valence-electron chi connectivity index (χ4n) is 1.93. The molecule has 0 radical (unpaired) electrons. The number of ether oxygens (including phenoxy) is 1. The zero-order valence-electron chi connectivity index (χ0n) is 11.2. The molecule has 0 N–H and O–H groups in total. The topological polar surface area (TPSA) is 22.1 Å². The summed E-state index contributed by atoms with van der Waals surface area (Å²) in [7, 11) is 1.70. The van der Waals surface area contributed by atoms with E-state index in [-0.39, 0.29) is 0 Å². The summed E-state index contributed by atoms with van der Waals surface area (Å²) in [6.07, 6.45) is 2.78. The van der Waals surface area contributed by atoms with E-state index >= 15 is 0 Å². The molecule has 1 aromatic heterocycles. The maximum Gasteiger partial charge on any atom is 0.122 e. The highest BCUT2D eigenvalue weighted by molar-refractivity contribution is 5.36. The standard InChI is InChI=1S/C16H19NO/c1-12(2)14-8-9-15(17-11-14)10-13-6-4-5-7-16(13)18-3/h4-9,11-12H,10H2,1-3H3. The Labute approximate surface area is 109 Å². The van der Waals surface area contributed by atoms with E-state index in [1.54, 1.807) is 7.11 Å². The lowest BCUT2D eigenvalue weighted by atomic mass is 10.0. The molecule has 0 bridgehead atoms. The van der Waals surface area contributed by atoms with E-state index in [1.807, 2.05) is 24.4 Å². The molecule has 2 rings (SSSR count). The van der Waals surface area contributed by atoms with Crippen molar-refractivity contribution in [2.45, 2.75) is 26.2 Å². The smallest absolute Gasteiger partial charge is 0.122 e. The first kappa shape index (κ1) is 12.6. The predicted octanol–water partition coefficient (Wildman–Crippen LogP) is 3.80. The number of rotatable bonds is 4. The second kappa shape index (κ2) is 5.67. The van der Waals surface area contributed by atoms with Gasteiger partial charge in [0.1, 0.15) is 5.75 Å². The first-order valence-electron chi connectivity index (χ1n) is 6.27. The molecule has 1 aromatic carbocycles. The highest BCUT2D eigenvalue weighted by Crippen LogP contribution is 2.21. The van der Waals surface area contributed by atoms with E-state index in [4.69, 9.17) is 4.74 Å². The van der Waals surface area contributed by atoms with Crippen LogP contribution in [0.25, 0.3) is 0 Å². The SMILES string of the molecule is COc1ccccc1Cc1ccc(C(C)C)cn1. The Morgan fingerprint density at radius 3 is 2.50 bits per heavy atom. The fourth-order valence-corrected chi connectivity index (χ4v) is 1.93. The van der Waals surface area contributed by atoms with E-state index in [2.05, 4.69) is 37.0 Å². The van der Waals surface area contributed by atoms with Crippen molar-refractivity contribution in [3.63, 3.8) is 0 Å². The third-order valence-electron chi connectivity index (χ3n) is 3.08. The molecule has 2 aromatic rings. The first-order chi connectivity index (χ1) is 8.70. The highest BCUT2D eigenvalue weighted by Gasteiger charge is 2.05. The molecule has 2 nitrogen and oxygen atoms in total. The zero-order valence-corrected chi connectivity index (χ0v) is 11.2. The number of pyridine rings is 1. The Balaban J connectivity index is 2.18. The number of para-hydroxylation sites is 1. The van der Waals surface area contributed by atoms with Crippen LogP contribution in [0.3, 0.4) is 0 Å². The van der Waals surface area contributed by atoms with Crippen molar-refractivity contribution >= 4 is 0 Å². The van der Waals surface area contributed by atoms with Gasteiger partial charge >= 0.3 is 0 Å². The second-order valence-electron chi connectivity index (χ2n) is 4.73. The molecule has 0 unspecified atom stereocenters. The Bertz CT molecular complexity index is 503. The summed E-state index contributed by atoms with van der Waals surface area (Å²) in [6.45, 7) is 4.35. The van der Waals surface area contributed by atoms with E-state index in [9.17, 15) is 0 Å². The summed E-state index contributed by atoms with van der Waals surface area (Å²) in [5.41, 5.74) is 3.52. The zero-order chi connectivity index (χ0) is 13.0. The minimum atomic E-state index is 0.526. The minimum Gasteiger partial charge on any atom is -0.496 e. The summed E-state index contributed by atoms with van der Waals surface area (Å²) in [4.78, 5) is 4.52. The lowest BCUT2D eigenvalue weighted by molar-refractivity contribution is 0.410. The van der Waals surface area contributed by atoms with Gasteiger partial charge in [0.2, 0.25) is 0 Å². The van der Waals surface area contributed by atoms with Crippen LogP contribution in [0.2, 0.25) is 0 Å². The van der Waals surface area contributed by atoms with Gasteiger partial charge in [-0.2, -0.15) is 0 Å². The van der Waals surface area contributed by atoms with E-state index < -0.39 is 0 Å². The van der Waals surface area contributed by atoms with Gasteiger partial charge in [-0.05, 0) is 23.6 Å². The molecule has 2 heteroatoms. The van der Waals surface area contributed by atoms with Crippen LogP contribution in [-0.2, 0) is 6.42 Å². The molecule has 0 atom stereocenters. The van der Waals surface area contributed by atoms with Crippen molar-refractivity contribution in [2.75, 3.05) is 7.11 Å². The van der Waals surface area contributed by atoms with Gasteiger partial charge in [-0.25, -0.2) is 0 Å². The molecule has 18 heavy (non-hydrogen) atoms. The maximum atomic E-state index is 5.35. The molecule has 0 saturated heterocycles. The highest BCUT2D eigenvalue weighted by atomic mass is 16.5. The Kier molecular flexibility index (Phi) is 3.98. The van der Waals surface area contributed by atoms with Crippen LogP contribution >= 0.6 is 0 Å². The van der Waals surface area contributed by atoms with Gasteiger partial charge < -0.3 is 4.74 Å². The first-order valence-corrected chi connectivity index (χ1v) is 6.27. The summed E-state index contributed by atoms with van der Waals surface area (Å²) >= 11 is 0. The third-order valence-corrected chi connectivity index (χ3v) is 3.08. The molecular weight excluding hydrogens is 222 g/mol. The third kappa shape index (κ3) is 2.89. The molecule has 0 saturated carbocycles.